The lowest BCUT2D eigenvalue weighted by Crippen LogP contribution is -2.25. The average molecular weight is 243 g/mol. The third kappa shape index (κ3) is 3.36. The fourth-order valence-electron chi connectivity index (χ4n) is 1.06. The van der Waals surface area contributed by atoms with Crippen molar-refractivity contribution in [1.29, 1.82) is 0 Å². The van der Waals surface area contributed by atoms with Crippen LogP contribution in [0.1, 0.15) is 12.5 Å². The monoisotopic (exact) mass is 242 g/mol. The molecule has 0 saturated heterocycles. The molecule has 13 heavy (non-hydrogen) atoms. The number of hydrogen-bond donors (Lipinski definition) is 2. The summed E-state index contributed by atoms with van der Waals surface area (Å²) in [6, 6.07) is 6.36. The number of benzene rings is 1. The first-order chi connectivity index (χ1) is 6.09. The van der Waals surface area contributed by atoms with Crippen molar-refractivity contribution in [2.24, 2.45) is 5.73 Å². The fraction of sp³-hybridized carbons (Fsp3) is 0.400. The van der Waals surface area contributed by atoms with Gasteiger partial charge in [0, 0.05) is 22.7 Å². The first kappa shape index (κ1) is 10.5. The smallest absolute Gasteiger partial charge is 0.0381 e. The van der Waals surface area contributed by atoms with Crippen LogP contribution >= 0.6 is 15.9 Å². The van der Waals surface area contributed by atoms with Gasteiger partial charge in [0.05, 0.1) is 0 Å². The maximum atomic E-state index is 5.65. The zero-order chi connectivity index (χ0) is 9.84. The summed E-state index contributed by atoms with van der Waals surface area (Å²) in [6.45, 7) is 4.87. The summed E-state index contributed by atoms with van der Waals surface area (Å²) in [5, 5.41) is 3.30. The molecule has 0 aromatic heterocycles. The van der Waals surface area contributed by atoms with Crippen LogP contribution in [-0.4, -0.2) is 12.6 Å². The normalized spacial score (nSPS) is 12.6. The molecule has 0 amide bonds. The van der Waals surface area contributed by atoms with Crippen LogP contribution in [0.3, 0.4) is 0 Å². The van der Waals surface area contributed by atoms with Crippen molar-refractivity contribution >= 4 is 21.6 Å². The van der Waals surface area contributed by atoms with E-state index in [0.717, 1.165) is 16.7 Å². The number of hydrogen-bond acceptors (Lipinski definition) is 2. The van der Waals surface area contributed by atoms with Crippen molar-refractivity contribution in [3.8, 4) is 0 Å². The molecule has 0 aliphatic carbocycles. The Labute approximate surface area is 87.6 Å². The molecule has 2 nitrogen and oxygen atoms in total. The van der Waals surface area contributed by atoms with E-state index in [1.165, 1.54) is 5.56 Å². The third-order valence-corrected chi connectivity index (χ3v) is 2.31. The van der Waals surface area contributed by atoms with Gasteiger partial charge in [-0.3, -0.25) is 0 Å². The summed E-state index contributed by atoms with van der Waals surface area (Å²) < 4.78 is 1.09. The van der Waals surface area contributed by atoms with Gasteiger partial charge in [0.15, 0.2) is 0 Å². The van der Waals surface area contributed by atoms with Crippen LogP contribution in [-0.2, 0) is 0 Å². The van der Waals surface area contributed by atoms with Crippen LogP contribution in [0.2, 0.25) is 0 Å². The van der Waals surface area contributed by atoms with E-state index in [4.69, 9.17) is 5.73 Å². The second-order valence-corrected chi connectivity index (χ2v) is 4.23. The highest BCUT2D eigenvalue weighted by Gasteiger charge is 1.99. The highest BCUT2D eigenvalue weighted by Crippen LogP contribution is 2.20. The van der Waals surface area contributed by atoms with Crippen LogP contribution in [0.4, 0.5) is 5.69 Å². The summed E-state index contributed by atoms with van der Waals surface area (Å²) in [5.74, 6) is 0. The molecule has 0 radical (unpaired) electrons. The number of halogens is 1. The molecule has 3 N–H and O–H groups in total. The first-order valence-electron chi connectivity index (χ1n) is 4.35. The van der Waals surface area contributed by atoms with Crippen molar-refractivity contribution in [3.63, 3.8) is 0 Å². The SMILES string of the molecule is Cc1ccc(Br)cc1NCC(C)N. The Morgan fingerprint density at radius 2 is 2.23 bits per heavy atom. The van der Waals surface area contributed by atoms with E-state index in [1.807, 2.05) is 13.0 Å². The van der Waals surface area contributed by atoms with Gasteiger partial charge in [-0.25, -0.2) is 0 Å². The maximum Gasteiger partial charge on any atom is 0.0381 e. The fourth-order valence-corrected chi connectivity index (χ4v) is 1.42. The molecule has 0 saturated carbocycles. The average Bonchev–Trinajstić information content (AvgIpc) is 2.06. The van der Waals surface area contributed by atoms with Crippen molar-refractivity contribution in [3.05, 3.63) is 28.2 Å². The molecule has 0 aliphatic heterocycles. The van der Waals surface area contributed by atoms with E-state index in [2.05, 4.69) is 40.3 Å². The Balaban J connectivity index is 2.70. The molecule has 0 aliphatic rings. The van der Waals surface area contributed by atoms with E-state index in [1.54, 1.807) is 0 Å². The number of nitrogens with two attached hydrogens (primary N) is 1. The molecular formula is C10H15BrN2. The van der Waals surface area contributed by atoms with Gasteiger partial charge < -0.3 is 11.1 Å². The molecule has 0 bridgehead atoms. The second kappa shape index (κ2) is 4.63. The molecule has 1 atom stereocenters. The Kier molecular flexibility index (Phi) is 3.75. The highest BCUT2D eigenvalue weighted by molar-refractivity contribution is 9.10. The molecule has 3 heteroatoms. The molecule has 1 aromatic rings. The molecule has 1 aromatic carbocycles. The van der Waals surface area contributed by atoms with Crippen molar-refractivity contribution in [2.45, 2.75) is 19.9 Å². The van der Waals surface area contributed by atoms with Crippen LogP contribution in [0.15, 0.2) is 22.7 Å². The van der Waals surface area contributed by atoms with E-state index in [-0.39, 0.29) is 6.04 Å². The predicted molar refractivity (Wildman–Crippen MR) is 61.0 cm³/mol. The van der Waals surface area contributed by atoms with Gasteiger partial charge in [0.25, 0.3) is 0 Å². The van der Waals surface area contributed by atoms with Gasteiger partial charge >= 0.3 is 0 Å². The summed E-state index contributed by atoms with van der Waals surface area (Å²) in [7, 11) is 0. The minimum atomic E-state index is 0.179. The van der Waals surface area contributed by atoms with Gasteiger partial charge in [-0.2, -0.15) is 0 Å². The maximum absolute atomic E-state index is 5.65. The van der Waals surface area contributed by atoms with Crippen LogP contribution in [0.25, 0.3) is 0 Å². The summed E-state index contributed by atoms with van der Waals surface area (Å²) >= 11 is 3.43. The zero-order valence-electron chi connectivity index (χ0n) is 7.97. The van der Waals surface area contributed by atoms with E-state index < -0.39 is 0 Å². The topological polar surface area (TPSA) is 38.0 Å². The van der Waals surface area contributed by atoms with Gasteiger partial charge in [-0.05, 0) is 31.5 Å². The van der Waals surface area contributed by atoms with Gasteiger partial charge in [-0.1, -0.05) is 22.0 Å². The summed E-state index contributed by atoms with van der Waals surface area (Å²) in [6.07, 6.45) is 0. The summed E-state index contributed by atoms with van der Waals surface area (Å²) in [4.78, 5) is 0. The third-order valence-electron chi connectivity index (χ3n) is 1.81. The standard InChI is InChI=1S/C10H15BrN2/c1-7-3-4-9(11)5-10(7)13-6-8(2)12/h3-5,8,13H,6,12H2,1-2H3. The molecule has 0 heterocycles. The predicted octanol–water partition coefficient (Wildman–Crippen LogP) is 2.52. The molecule has 72 valence electrons. The lowest BCUT2D eigenvalue weighted by atomic mass is 10.2. The molecule has 0 spiro atoms. The Morgan fingerprint density at radius 1 is 1.54 bits per heavy atom. The van der Waals surface area contributed by atoms with Gasteiger partial charge in [0.2, 0.25) is 0 Å². The largest absolute Gasteiger partial charge is 0.383 e. The lowest BCUT2D eigenvalue weighted by molar-refractivity contribution is 0.779. The zero-order valence-corrected chi connectivity index (χ0v) is 9.56. The van der Waals surface area contributed by atoms with Gasteiger partial charge in [0.1, 0.15) is 0 Å². The minimum absolute atomic E-state index is 0.179. The van der Waals surface area contributed by atoms with Crippen LogP contribution in [0, 0.1) is 6.92 Å². The van der Waals surface area contributed by atoms with Gasteiger partial charge in [-0.15, -0.1) is 0 Å². The number of aryl methyl sites for hydroxylation is 1. The van der Waals surface area contributed by atoms with E-state index >= 15 is 0 Å². The second-order valence-electron chi connectivity index (χ2n) is 3.32. The Morgan fingerprint density at radius 3 is 2.85 bits per heavy atom. The molecule has 1 rings (SSSR count). The van der Waals surface area contributed by atoms with Crippen LogP contribution in [0.5, 0.6) is 0 Å². The van der Waals surface area contributed by atoms with Crippen molar-refractivity contribution < 1.29 is 0 Å². The van der Waals surface area contributed by atoms with Crippen LogP contribution < -0.4 is 11.1 Å². The minimum Gasteiger partial charge on any atom is -0.383 e. The molecule has 0 fully saturated rings. The Hall–Kier alpha value is -0.540. The number of rotatable bonds is 3. The lowest BCUT2D eigenvalue weighted by Gasteiger charge is -2.11. The number of anilines is 1. The number of nitrogens with one attached hydrogen (secondary N) is 1. The van der Waals surface area contributed by atoms with E-state index in [9.17, 15) is 0 Å². The quantitative estimate of drug-likeness (QED) is 0.856. The molecule has 1 unspecified atom stereocenters. The van der Waals surface area contributed by atoms with Crippen molar-refractivity contribution in [1.82, 2.24) is 0 Å². The Bertz CT molecular complexity index is 284. The molecular weight excluding hydrogens is 228 g/mol. The first-order valence-corrected chi connectivity index (χ1v) is 5.14. The van der Waals surface area contributed by atoms with Crippen molar-refractivity contribution in [2.75, 3.05) is 11.9 Å². The summed E-state index contributed by atoms with van der Waals surface area (Å²) in [5.41, 5.74) is 8.04. The van der Waals surface area contributed by atoms with E-state index in [0.29, 0.717) is 0 Å². The highest BCUT2D eigenvalue weighted by atomic mass is 79.9.